The van der Waals surface area contributed by atoms with E-state index in [0.717, 1.165) is 6.54 Å². The maximum absolute atomic E-state index is 3.93. The summed E-state index contributed by atoms with van der Waals surface area (Å²) < 4.78 is 0. The number of aromatic nitrogens is 2. The summed E-state index contributed by atoms with van der Waals surface area (Å²) in [7, 11) is 0. The Hall–Kier alpha value is -0.830. The highest BCUT2D eigenvalue weighted by molar-refractivity contribution is 4.99. The fourth-order valence-electron chi connectivity index (χ4n) is 2.02. The first-order valence-electron chi connectivity index (χ1n) is 5.02. The highest BCUT2D eigenvalue weighted by atomic mass is 15.1. The van der Waals surface area contributed by atoms with Crippen LogP contribution in [-0.4, -0.2) is 15.7 Å². The molecule has 0 bridgehead atoms. The minimum Gasteiger partial charge on any atom is -0.306 e. The lowest BCUT2D eigenvalue weighted by Crippen LogP contribution is -2.38. The maximum atomic E-state index is 3.93. The van der Waals surface area contributed by atoms with Gasteiger partial charge in [-0.25, -0.2) is 0 Å². The zero-order valence-electron chi connectivity index (χ0n) is 8.14. The summed E-state index contributed by atoms with van der Waals surface area (Å²) >= 11 is 0. The summed E-state index contributed by atoms with van der Waals surface area (Å²) in [5.41, 5.74) is 1.54. The minimum absolute atomic E-state index is 0.366. The summed E-state index contributed by atoms with van der Waals surface area (Å²) in [6.45, 7) is 3.23. The van der Waals surface area contributed by atoms with Crippen molar-refractivity contribution in [3.63, 3.8) is 0 Å². The Morgan fingerprint density at radius 1 is 1.54 bits per heavy atom. The highest BCUT2D eigenvalue weighted by Gasteiger charge is 2.27. The largest absolute Gasteiger partial charge is 0.306 e. The predicted molar refractivity (Wildman–Crippen MR) is 52.3 cm³/mol. The number of H-pyrrole nitrogens is 1. The number of nitrogens with zero attached hydrogens (tertiary/aromatic N) is 1. The fraction of sp³-hybridized carbons (Fsp3) is 0.700. The van der Waals surface area contributed by atoms with Gasteiger partial charge in [0.15, 0.2) is 0 Å². The molecule has 0 aromatic carbocycles. The van der Waals surface area contributed by atoms with Crippen LogP contribution in [0, 0.1) is 0 Å². The number of hydrogen-bond acceptors (Lipinski definition) is 2. The molecule has 0 atom stereocenters. The number of hydrogen-bond donors (Lipinski definition) is 2. The van der Waals surface area contributed by atoms with E-state index in [1.165, 1.54) is 31.4 Å². The number of nitrogens with one attached hydrogen (secondary N) is 2. The van der Waals surface area contributed by atoms with Gasteiger partial charge in [-0.1, -0.05) is 12.8 Å². The first kappa shape index (κ1) is 8.75. The second-order valence-electron chi connectivity index (χ2n) is 4.20. The Morgan fingerprint density at radius 2 is 2.31 bits per heavy atom. The van der Waals surface area contributed by atoms with Crippen molar-refractivity contribution in [2.45, 2.75) is 44.7 Å². The van der Waals surface area contributed by atoms with Crippen LogP contribution in [0.25, 0.3) is 0 Å². The van der Waals surface area contributed by atoms with E-state index in [1.54, 1.807) is 6.20 Å². The molecule has 1 saturated carbocycles. The van der Waals surface area contributed by atoms with Gasteiger partial charge in [0.25, 0.3) is 0 Å². The van der Waals surface area contributed by atoms with Crippen molar-refractivity contribution in [2.75, 3.05) is 0 Å². The molecule has 1 heterocycles. The summed E-state index contributed by atoms with van der Waals surface area (Å²) in [6, 6.07) is 2.02. The van der Waals surface area contributed by atoms with Crippen LogP contribution in [0.15, 0.2) is 12.3 Å². The van der Waals surface area contributed by atoms with E-state index in [-0.39, 0.29) is 0 Å². The monoisotopic (exact) mass is 179 g/mol. The van der Waals surface area contributed by atoms with Crippen LogP contribution >= 0.6 is 0 Å². The van der Waals surface area contributed by atoms with Gasteiger partial charge in [0.05, 0.1) is 0 Å². The molecule has 0 aliphatic heterocycles. The standard InChI is InChI=1S/C10H17N3/c1-10(5-2-3-6-10)11-8-9-4-7-12-13-9/h4,7,11H,2-3,5-6,8H2,1H3,(H,12,13). The molecule has 2 N–H and O–H groups in total. The molecule has 0 saturated heterocycles. The van der Waals surface area contributed by atoms with Gasteiger partial charge in [-0.2, -0.15) is 5.10 Å². The third kappa shape index (κ3) is 2.10. The van der Waals surface area contributed by atoms with Gasteiger partial charge in [-0.3, -0.25) is 5.10 Å². The van der Waals surface area contributed by atoms with Crippen molar-refractivity contribution >= 4 is 0 Å². The normalized spacial score (nSPS) is 20.7. The van der Waals surface area contributed by atoms with E-state index in [4.69, 9.17) is 0 Å². The predicted octanol–water partition coefficient (Wildman–Crippen LogP) is 1.83. The van der Waals surface area contributed by atoms with E-state index in [9.17, 15) is 0 Å². The average Bonchev–Trinajstić information content (AvgIpc) is 2.72. The molecule has 0 radical (unpaired) electrons. The Morgan fingerprint density at radius 3 is 2.92 bits per heavy atom. The smallest absolute Gasteiger partial charge is 0.0490 e. The molecular weight excluding hydrogens is 162 g/mol. The molecule has 3 nitrogen and oxygen atoms in total. The van der Waals surface area contributed by atoms with Crippen molar-refractivity contribution in [2.24, 2.45) is 0 Å². The van der Waals surface area contributed by atoms with Crippen LogP contribution in [0.2, 0.25) is 0 Å². The van der Waals surface area contributed by atoms with Crippen LogP contribution < -0.4 is 5.32 Å². The van der Waals surface area contributed by atoms with Gasteiger partial charge in [-0.15, -0.1) is 0 Å². The van der Waals surface area contributed by atoms with E-state index in [2.05, 4.69) is 22.4 Å². The molecule has 0 unspecified atom stereocenters. The highest BCUT2D eigenvalue weighted by Crippen LogP contribution is 2.28. The summed E-state index contributed by atoms with van der Waals surface area (Å²) in [6.07, 6.45) is 7.15. The Bertz CT molecular complexity index is 247. The van der Waals surface area contributed by atoms with Crippen molar-refractivity contribution in [1.82, 2.24) is 15.5 Å². The maximum Gasteiger partial charge on any atom is 0.0490 e. The molecule has 1 fully saturated rings. The fourth-order valence-corrected chi connectivity index (χ4v) is 2.02. The Balaban J connectivity index is 1.85. The van der Waals surface area contributed by atoms with Crippen molar-refractivity contribution in [1.29, 1.82) is 0 Å². The van der Waals surface area contributed by atoms with Gasteiger partial charge < -0.3 is 5.32 Å². The first-order valence-corrected chi connectivity index (χ1v) is 5.02. The molecule has 1 aromatic rings. The summed E-state index contributed by atoms with van der Waals surface area (Å²) in [5.74, 6) is 0. The molecule has 13 heavy (non-hydrogen) atoms. The van der Waals surface area contributed by atoms with E-state index in [1.807, 2.05) is 6.07 Å². The second kappa shape index (κ2) is 3.50. The third-order valence-electron chi connectivity index (χ3n) is 2.97. The van der Waals surface area contributed by atoms with Crippen LogP contribution in [0.5, 0.6) is 0 Å². The van der Waals surface area contributed by atoms with Crippen molar-refractivity contribution < 1.29 is 0 Å². The quantitative estimate of drug-likeness (QED) is 0.743. The Kier molecular flexibility index (Phi) is 2.36. The first-order chi connectivity index (χ1) is 6.29. The summed E-state index contributed by atoms with van der Waals surface area (Å²) in [4.78, 5) is 0. The summed E-state index contributed by atoms with van der Waals surface area (Å²) in [5, 5.41) is 10.5. The van der Waals surface area contributed by atoms with Crippen LogP contribution in [0.3, 0.4) is 0 Å². The molecular formula is C10H17N3. The van der Waals surface area contributed by atoms with E-state index in [0.29, 0.717) is 5.54 Å². The lowest BCUT2D eigenvalue weighted by Gasteiger charge is -2.24. The van der Waals surface area contributed by atoms with Gasteiger partial charge in [0.2, 0.25) is 0 Å². The van der Waals surface area contributed by atoms with Crippen molar-refractivity contribution in [3.05, 3.63) is 18.0 Å². The van der Waals surface area contributed by atoms with Gasteiger partial charge in [-0.05, 0) is 25.8 Å². The molecule has 1 aliphatic rings. The average molecular weight is 179 g/mol. The number of aromatic amines is 1. The molecule has 0 spiro atoms. The lowest BCUT2D eigenvalue weighted by atomic mass is 10.0. The topological polar surface area (TPSA) is 40.7 Å². The van der Waals surface area contributed by atoms with Crippen LogP contribution in [0.1, 0.15) is 38.3 Å². The second-order valence-corrected chi connectivity index (χ2v) is 4.20. The molecule has 72 valence electrons. The van der Waals surface area contributed by atoms with Crippen LogP contribution in [-0.2, 0) is 6.54 Å². The van der Waals surface area contributed by atoms with E-state index >= 15 is 0 Å². The van der Waals surface area contributed by atoms with E-state index < -0.39 is 0 Å². The molecule has 3 heteroatoms. The molecule has 1 aliphatic carbocycles. The molecule has 2 rings (SSSR count). The molecule has 0 amide bonds. The zero-order chi connectivity index (χ0) is 9.15. The lowest BCUT2D eigenvalue weighted by molar-refractivity contribution is 0.360. The zero-order valence-corrected chi connectivity index (χ0v) is 8.14. The Labute approximate surface area is 78.9 Å². The molecule has 1 aromatic heterocycles. The van der Waals surface area contributed by atoms with Crippen LogP contribution in [0.4, 0.5) is 0 Å². The minimum atomic E-state index is 0.366. The van der Waals surface area contributed by atoms with Gasteiger partial charge in [0, 0.05) is 24.0 Å². The van der Waals surface area contributed by atoms with Gasteiger partial charge >= 0.3 is 0 Å². The van der Waals surface area contributed by atoms with Crippen molar-refractivity contribution in [3.8, 4) is 0 Å². The number of rotatable bonds is 3. The van der Waals surface area contributed by atoms with Gasteiger partial charge in [0.1, 0.15) is 0 Å². The third-order valence-corrected chi connectivity index (χ3v) is 2.97. The SMILES string of the molecule is CC1(NCc2ccn[nH]2)CCCC1.